The first-order chi connectivity index (χ1) is 14.5. The highest BCUT2D eigenvalue weighted by molar-refractivity contribution is 5.85. The zero-order valence-electron chi connectivity index (χ0n) is 17.5. The fourth-order valence-corrected chi connectivity index (χ4v) is 3.51. The Labute approximate surface area is 177 Å². The van der Waals surface area contributed by atoms with Crippen LogP contribution in [0.3, 0.4) is 0 Å². The quantitative estimate of drug-likeness (QED) is 0.513. The standard InChI is InChI=1S/C25H27N3O2/c1-28(2)23-9-7-21(8-10-23)22(15-24(29)13-19-5-3-11-26-17-19)16-25(30)14-20-6-4-12-27-18-20/h3-12,17-18,22H,13-16H2,1-2H3. The molecule has 0 fully saturated rings. The van der Waals surface area contributed by atoms with Crippen LogP contribution < -0.4 is 4.90 Å². The Bertz CT molecular complexity index is 899. The summed E-state index contributed by atoms with van der Waals surface area (Å²) in [5.74, 6) is 0.0762. The van der Waals surface area contributed by atoms with Gasteiger partial charge in [0.05, 0.1) is 0 Å². The summed E-state index contributed by atoms with van der Waals surface area (Å²) in [6.45, 7) is 0. The molecule has 0 aliphatic heterocycles. The second-order valence-electron chi connectivity index (χ2n) is 7.74. The summed E-state index contributed by atoms with van der Waals surface area (Å²) in [5.41, 5.74) is 3.89. The SMILES string of the molecule is CN(C)c1ccc(C(CC(=O)Cc2cccnc2)CC(=O)Cc2cccnc2)cc1. The Hall–Kier alpha value is -3.34. The number of ketones is 2. The van der Waals surface area contributed by atoms with Gasteiger partial charge in [-0.05, 0) is 46.9 Å². The maximum absolute atomic E-state index is 12.8. The average molecular weight is 402 g/mol. The highest BCUT2D eigenvalue weighted by Crippen LogP contribution is 2.27. The Balaban J connectivity index is 1.73. The number of nitrogens with zero attached hydrogens (tertiary/aromatic N) is 3. The molecule has 3 rings (SSSR count). The lowest BCUT2D eigenvalue weighted by molar-refractivity contribution is -0.120. The van der Waals surface area contributed by atoms with Gasteiger partial charge in [-0.15, -0.1) is 0 Å². The molecule has 154 valence electrons. The molecule has 0 atom stereocenters. The van der Waals surface area contributed by atoms with Crippen LogP contribution in [0, 0.1) is 0 Å². The molecule has 2 aromatic heterocycles. The van der Waals surface area contributed by atoms with E-state index in [0.29, 0.717) is 25.7 Å². The van der Waals surface area contributed by atoms with Gasteiger partial charge < -0.3 is 4.90 Å². The fraction of sp³-hybridized carbons (Fsp3) is 0.280. The van der Waals surface area contributed by atoms with Crippen LogP contribution in [0.2, 0.25) is 0 Å². The maximum Gasteiger partial charge on any atom is 0.137 e. The summed E-state index contributed by atoms with van der Waals surface area (Å²) in [5, 5.41) is 0. The molecule has 5 nitrogen and oxygen atoms in total. The number of Topliss-reactive ketones (excluding diaryl/α,β-unsaturated/α-hetero) is 2. The van der Waals surface area contributed by atoms with Gasteiger partial charge in [0.1, 0.15) is 11.6 Å². The monoisotopic (exact) mass is 401 g/mol. The van der Waals surface area contributed by atoms with Gasteiger partial charge in [0.25, 0.3) is 0 Å². The third kappa shape index (κ3) is 6.34. The smallest absolute Gasteiger partial charge is 0.137 e. The van der Waals surface area contributed by atoms with Crippen LogP contribution in [0.5, 0.6) is 0 Å². The van der Waals surface area contributed by atoms with Crippen LogP contribution in [-0.4, -0.2) is 35.6 Å². The van der Waals surface area contributed by atoms with E-state index in [1.54, 1.807) is 24.8 Å². The van der Waals surface area contributed by atoms with E-state index >= 15 is 0 Å². The summed E-state index contributed by atoms with van der Waals surface area (Å²) in [6.07, 6.45) is 8.14. The first kappa shape index (κ1) is 21.4. The minimum atomic E-state index is -0.144. The molecule has 0 aliphatic carbocycles. The van der Waals surface area contributed by atoms with E-state index in [2.05, 4.69) is 9.97 Å². The van der Waals surface area contributed by atoms with Crippen molar-refractivity contribution in [2.24, 2.45) is 0 Å². The van der Waals surface area contributed by atoms with Crippen molar-refractivity contribution in [2.45, 2.75) is 31.6 Å². The highest BCUT2D eigenvalue weighted by atomic mass is 16.1. The molecule has 3 aromatic rings. The maximum atomic E-state index is 12.8. The Kier molecular flexibility index (Phi) is 7.44. The molecular weight excluding hydrogens is 374 g/mol. The van der Waals surface area contributed by atoms with Gasteiger partial charge in [-0.3, -0.25) is 19.6 Å². The van der Waals surface area contributed by atoms with Crippen LogP contribution in [0.1, 0.15) is 35.4 Å². The number of anilines is 1. The zero-order valence-corrected chi connectivity index (χ0v) is 17.5. The van der Waals surface area contributed by atoms with E-state index in [0.717, 1.165) is 22.4 Å². The van der Waals surface area contributed by atoms with Crippen LogP contribution in [0.15, 0.2) is 73.3 Å². The molecule has 0 N–H and O–H groups in total. The zero-order chi connectivity index (χ0) is 21.3. The third-order valence-electron chi connectivity index (χ3n) is 5.08. The van der Waals surface area contributed by atoms with Gasteiger partial charge in [-0.1, -0.05) is 24.3 Å². The lowest BCUT2D eigenvalue weighted by Crippen LogP contribution is -2.15. The largest absolute Gasteiger partial charge is 0.378 e. The number of carbonyl (C=O) groups excluding carboxylic acids is 2. The van der Waals surface area contributed by atoms with Gasteiger partial charge in [-0.2, -0.15) is 0 Å². The molecule has 0 unspecified atom stereocenters. The third-order valence-corrected chi connectivity index (χ3v) is 5.08. The van der Waals surface area contributed by atoms with Crippen molar-refractivity contribution in [3.05, 3.63) is 90.0 Å². The summed E-state index contributed by atoms with van der Waals surface area (Å²) < 4.78 is 0. The summed E-state index contributed by atoms with van der Waals surface area (Å²) >= 11 is 0. The molecule has 0 spiro atoms. The van der Waals surface area contributed by atoms with E-state index in [1.165, 1.54) is 0 Å². The minimum absolute atomic E-state index is 0.110. The van der Waals surface area contributed by atoms with E-state index in [-0.39, 0.29) is 17.5 Å². The lowest BCUT2D eigenvalue weighted by Gasteiger charge is -2.18. The number of rotatable bonds is 10. The van der Waals surface area contributed by atoms with E-state index < -0.39 is 0 Å². The Morgan fingerprint density at radius 1 is 0.800 bits per heavy atom. The van der Waals surface area contributed by atoms with Crippen molar-refractivity contribution in [3.8, 4) is 0 Å². The lowest BCUT2D eigenvalue weighted by atomic mass is 9.86. The van der Waals surface area contributed by atoms with Gasteiger partial charge in [0, 0.05) is 70.3 Å². The molecule has 0 amide bonds. The van der Waals surface area contributed by atoms with Gasteiger partial charge in [0.15, 0.2) is 0 Å². The summed E-state index contributed by atoms with van der Waals surface area (Å²) in [4.78, 5) is 35.7. The molecule has 0 bridgehead atoms. The number of hydrogen-bond acceptors (Lipinski definition) is 5. The first-order valence-electron chi connectivity index (χ1n) is 10.1. The predicted molar refractivity (Wildman–Crippen MR) is 119 cm³/mol. The molecule has 30 heavy (non-hydrogen) atoms. The van der Waals surface area contributed by atoms with Crippen molar-refractivity contribution < 1.29 is 9.59 Å². The number of aromatic nitrogens is 2. The van der Waals surface area contributed by atoms with E-state index in [4.69, 9.17) is 0 Å². The number of carbonyl (C=O) groups is 2. The van der Waals surface area contributed by atoms with E-state index in [1.807, 2.05) is 67.5 Å². The molecule has 0 saturated heterocycles. The summed E-state index contributed by atoms with van der Waals surface area (Å²) in [6, 6.07) is 15.6. The van der Waals surface area contributed by atoms with Crippen molar-refractivity contribution in [3.63, 3.8) is 0 Å². The van der Waals surface area contributed by atoms with Crippen molar-refractivity contribution in [2.75, 3.05) is 19.0 Å². The predicted octanol–water partition coefficient (Wildman–Crippen LogP) is 4.03. The fourth-order valence-electron chi connectivity index (χ4n) is 3.51. The number of hydrogen-bond donors (Lipinski definition) is 0. The van der Waals surface area contributed by atoms with Crippen LogP contribution in [-0.2, 0) is 22.4 Å². The van der Waals surface area contributed by atoms with Crippen LogP contribution >= 0.6 is 0 Å². The topological polar surface area (TPSA) is 63.2 Å². The van der Waals surface area contributed by atoms with Gasteiger partial charge >= 0.3 is 0 Å². The molecular formula is C25H27N3O2. The molecule has 0 radical (unpaired) electrons. The Morgan fingerprint density at radius 3 is 1.70 bits per heavy atom. The normalized spacial score (nSPS) is 10.8. The number of pyridine rings is 2. The molecule has 0 saturated carbocycles. The highest BCUT2D eigenvalue weighted by Gasteiger charge is 2.20. The number of benzene rings is 1. The van der Waals surface area contributed by atoms with Gasteiger partial charge in [-0.25, -0.2) is 0 Å². The van der Waals surface area contributed by atoms with Crippen LogP contribution in [0.25, 0.3) is 0 Å². The van der Waals surface area contributed by atoms with Crippen LogP contribution in [0.4, 0.5) is 5.69 Å². The van der Waals surface area contributed by atoms with Crippen molar-refractivity contribution >= 4 is 17.3 Å². The second-order valence-corrected chi connectivity index (χ2v) is 7.74. The first-order valence-corrected chi connectivity index (χ1v) is 10.1. The van der Waals surface area contributed by atoms with Crippen molar-refractivity contribution in [1.29, 1.82) is 0 Å². The second kappa shape index (κ2) is 10.4. The molecule has 5 heteroatoms. The Morgan fingerprint density at radius 2 is 1.30 bits per heavy atom. The molecule has 0 aliphatic rings. The molecule has 2 heterocycles. The average Bonchev–Trinajstić information content (AvgIpc) is 2.74. The summed E-state index contributed by atoms with van der Waals surface area (Å²) in [7, 11) is 3.97. The molecule has 1 aromatic carbocycles. The minimum Gasteiger partial charge on any atom is -0.378 e. The van der Waals surface area contributed by atoms with Crippen molar-refractivity contribution in [1.82, 2.24) is 9.97 Å². The van der Waals surface area contributed by atoms with E-state index in [9.17, 15) is 9.59 Å². The van der Waals surface area contributed by atoms with Gasteiger partial charge in [0.2, 0.25) is 0 Å².